The molecule has 0 spiro atoms. The molecule has 3 heteroatoms. The molecule has 2 aromatic carbocycles. The Morgan fingerprint density at radius 2 is 1.90 bits per heavy atom. The highest BCUT2D eigenvalue weighted by Gasteiger charge is 2.46. The number of rotatable bonds is 4. The second-order valence-corrected chi connectivity index (χ2v) is 10.9. The van der Waals surface area contributed by atoms with E-state index in [1.165, 1.54) is 27.0 Å². The van der Waals surface area contributed by atoms with Gasteiger partial charge >= 0.3 is 5.97 Å². The number of benzene rings is 2. The maximum atomic E-state index is 13.0. The van der Waals surface area contributed by atoms with Gasteiger partial charge < -0.3 is 4.74 Å². The summed E-state index contributed by atoms with van der Waals surface area (Å²) in [6.07, 6.45) is 7.00. The van der Waals surface area contributed by atoms with Gasteiger partial charge in [0.25, 0.3) is 0 Å². The number of esters is 1. The highest BCUT2D eigenvalue weighted by molar-refractivity contribution is 7.43. The summed E-state index contributed by atoms with van der Waals surface area (Å²) in [5.41, 5.74) is 1.51. The van der Waals surface area contributed by atoms with Gasteiger partial charge in [0, 0.05) is 33.4 Å². The number of aryl methyl sites for hydroxylation is 1. The summed E-state index contributed by atoms with van der Waals surface area (Å²) in [6.45, 7) is 6.32. The van der Waals surface area contributed by atoms with Crippen LogP contribution in [-0.4, -0.2) is 11.6 Å². The number of carbonyl (C=O) groups is 1. The molecule has 1 fully saturated rings. The predicted octanol–water partition coefficient (Wildman–Crippen LogP) is 7.03. The molecule has 2 aliphatic carbocycles. The number of hydrogen-bond acceptors (Lipinski definition) is 2. The van der Waals surface area contributed by atoms with Crippen molar-refractivity contribution in [2.24, 2.45) is 17.8 Å². The van der Waals surface area contributed by atoms with Crippen LogP contribution in [-0.2, 0) is 4.74 Å². The summed E-state index contributed by atoms with van der Waals surface area (Å²) in [6, 6.07) is 16.6. The molecule has 148 valence electrons. The van der Waals surface area contributed by atoms with Crippen LogP contribution in [0.25, 0.3) is 15.0 Å². The van der Waals surface area contributed by atoms with E-state index in [9.17, 15) is 4.79 Å². The van der Waals surface area contributed by atoms with Gasteiger partial charge in [0.05, 0.1) is 5.56 Å². The first-order valence-corrected chi connectivity index (χ1v) is 11.7. The number of allylic oxidation sites excluding steroid dienone is 2. The smallest absolute Gasteiger partial charge is 0.338 e. The van der Waals surface area contributed by atoms with Crippen LogP contribution in [0.3, 0.4) is 0 Å². The molecule has 0 amide bonds. The zero-order valence-corrected chi connectivity index (χ0v) is 18.0. The van der Waals surface area contributed by atoms with Gasteiger partial charge in [0.2, 0.25) is 0 Å². The average molecular weight is 404 g/mol. The van der Waals surface area contributed by atoms with Crippen molar-refractivity contribution in [1.82, 2.24) is 0 Å². The average Bonchev–Trinajstić information content (AvgIpc) is 3.43. The Kier molecular flexibility index (Phi) is 4.40. The molecule has 0 saturated heterocycles. The standard InChI is InChI=1S/C26H27O2S/c1-17-16-29(24-10-5-4-9-22(17)24)21-8-6-7-20(15-21)25(27)28-26(2,3)23-14-18-11-12-19(23)13-18/h4-12,15-16,18-19,23H,13-14H2,1-3H3/q+1. The van der Waals surface area contributed by atoms with Gasteiger partial charge in [-0.1, -0.05) is 30.4 Å². The minimum Gasteiger partial charge on any atom is -0.456 e. The molecule has 3 aromatic rings. The number of ether oxygens (including phenoxy) is 1. The minimum absolute atomic E-state index is 0.128. The van der Waals surface area contributed by atoms with Gasteiger partial charge in [0.15, 0.2) is 9.60 Å². The van der Waals surface area contributed by atoms with E-state index >= 15 is 0 Å². The van der Waals surface area contributed by atoms with Crippen LogP contribution >= 0.6 is 10.5 Å². The van der Waals surface area contributed by atoms with E-state index in [2.05, 4.69) is 68.6 Å². The molecule has 1 saturated carbocycles. The van der Waals surface area contributed by atoms with E-state index in [1.807, 2.05) is 18.2 Å². The van der Waals surface area contributed by atoms with E-state index in [0.29, 0.717) is 23.3 Å². The third-order valence-corrected chi connectivity index (χ3v) is 8.88. The van der Waals surface area contributed by atoms with Gasteiger partial charge in [-0.15, -0.1) is 0 Å². The van der Waals surface area contributed by atoms with Gasteiger partial charge in [-0.3, -0.25) is 0 Å². The fourth-order valence-electron chi connectivity index (χ4n) is 5.20. The summed E-state index contributed by atoms with van der Waals surface area (Å²) < 4.78 is 7.42. The molecule has 2 nitrogen and oxygen atoms in total. The summed E-state index contributed by atoms with van der Waals surface area (Å²) in [7, 11) is -0.128. The van der Waals surface area contributed by atoms with Crippen molar-refractivity contribution < 1.29 is 9.53 Å². The summed E-state index contributed by atoms with van der Waals surface area (Å²) in [5, 5.41) is 3.63. The normalized spacial score (nSPS) is 23.7. The van der Waals surface area contributed by atoms with Crippen LogP contribution in [0.4, 0.5) is 0 Å². The fourth-order valence-corrected chi connectivity index (χ4v) is 7.36. The quantitative estimate of drug-likeness (QED) is 0.265. The summed E-state index contributed by atoms with van der Waals surface area (Å²) in [4.78, 5) is 14.2. The maximum Gasteiger partial charge on any atom is 0.338 e. The largest absolute Gasteiger partial charge is 0.456 e. The number of fused-ring (bicyclic) bond motifs is 3. The third-order valence-electron chi connectivity index (χ3n) is 6.69. The molecule has 0 aliphatic heterocycles. The molecular formula is C26H27O2S+. The monoisotopic (exact) mass is 403 g/mol. The van der Waals surface area contributed by atoms with E-state index in [1.54, 1.807) is 0 Å². The lowest BCUT2D eigenvalue weighted by molar-refractivity contribution is -0.0360. The Bertz CT molecular complexity index is 1120. The second kappa shape index (κ2) is 6.84. The van der Waals surface area contributed by atoms with Gasteiger partial charge in [-0.2, -0.15) is 0 Å². The molecule has 1 heterocycles. The van der Waals surface area contributed by atoms with E-state index in [-0.39, 0.29) is 16.4 Å². The third kappa shape index (κ3) is 3.22. The van der Waals surface area contributed by atoms with Crippen molar-refractivity contribution >= 4 is 26.5 Å². The first-order valence-electron chi connectivity index (χ1n) is 10.4. The highest BCUT2D eigenvalue weighted by Crippen LogP contribution is 2.49. The van der Waals surface area contributed by atoms with Crippen molar-refractivity contribution in [2.45, 2.75) is 39.2 Å². The van der Waals surface area contributed by atoms with Gasteiger partial charge in [-0.25, -0.2) is 4.79 Å². The Morgan fingerprint density at radius 1 is 1.07 bits per heavy atom. The number of carbonyl (C=O) groups excluding carboxylic acids is 1. The van der Waals surface area contributed by atoms with Gasteiger partial charge in [-0.05, 0) is 69.7 Å². The molecule has 0 N–H and O–H groups in total. The second-order valence-electron chi connectivity index (χ2n) is 9.04. The lowest BCUT2D eigenvalue weighted by Gasteiger charge is -2.35. The molecule has 5 rings (SSSR count). The molecule has 4 unspecified atom stereocenters. The first kappa shape index (κ1) is 18.6. The topological polar surface area (TPSA) is 26.3 Å². The van der Waals surface area contributed by atoms with Crippen molar-refractivity contribution in [1.29, 1.82) is 0 Å². The van der Waals surface area contributed by atoms with Crippen molar-refractivity contribution in [2.75, 3.05) is 0 Å². The lowest BCUT2D eigenvalue weighted by Crippen LogP contribution is -2.38. The Hall–Kier alpha value is -2.39. The Balaban J connectivity index is 1.42. The maximum absolute atomic E-state index is 13.0. The van der Waals surface area contributed by atoms with E-state index in [0.717, 1.165) is 6.42 Å². The van der Waals surface area contributed by atoms with Crippen molar-refractivity contribution in [3.8, 4) is 4.90 Å². The zero-order valence-electron chi connectivity index (χ0n) is 17.2. The molecule has 4 atom stereocenters. The molecule has 2 bridgehead atoms. The summed E-state index contributed by atoms with van der Waals surface area (Å²) >= 11 is 0. The van der Waals surface area contributed by atoms with Crippen LogP contribution in [0.1, 0.15) is 42.6 Å². The van der Waals surface area contributed by atoms with E-state index in [4.69, 9.17) is 4.74 Å². The van der Waals surface area contributed by atoms with Crippen LogP contribution in [0.15, 0.2) is 66.1 Å². The predicted molar refractivity (Wildman–Crippen MR) is 121 cm³/mol. The van der Waals surface area contributed by atoms with Crippen LogP contribution in [0, 0.1) is 24.7 Å². The fraction of sp³-hybridized carbons (Fsp3) is 0.346. The lowest BCUT2D eigenvalue weighted by atomic mass is 9.80. The van der Waals surface area contributed by atoms with Crippen molar-refractivity contribution in [3.05, 3.63) is 77.2 Å². The molecule has 2 aliphatic rings. The SMILES string of the molecule is Cc1c[s+](-c2cccc(C(=O)OC(C)(C)C3CC4C=CC3C4)c2)c2ccccc12. The number of thiophene rings is 1. The van der Waals surface area contributed by atoms with Crippen LogP contribution < -0.4 is 0 Å². The minimum atomic E-state index is -0.448. The van der Waals surface area contributed by atoms with Gasteiger partial charge in [0.1, 0.15) is 11.0 Å². The van der Waals surface area contributed by atoms with E-state index < -0.39 is 5.60 Å². The summed E-state index contributed by atoms with van der Waals surface area (Å²) in [5.74, 6) is 1.43. The molecular weight excluding hydrogens is 376 g/mol. The number of hydrogen-bond donors (Lipinski definition) is 0. The van der Waals surface area contributed by atoms with Crippen molar-refractivity contribution in [3.63, 3.8) is 0 Å². The first-order chi connectivity index (χ1) is 13.9. The molecule has 29 heavy (non-hydrogen) atoms. The van der Waals surface area contributed by atoms with Crippen LogP contribution in [0.5, 0.6) is 0 Å². The molecule has 1 aromatic heterocycles. The zero-order chi connectivity index (χ0) is 20.2. The van der Waals surface area contributed by atoms with Crippen LogP contribution in [0.2, 0.25) is 0 Å². The highest BCUT2D eigenvalue weighted by atomic mass is 32.2. The molecule has 0 radical (unpaired) electrons. The Labute approximate surface area is 175 Å². The Morgan fingerprint density at radius 3 is 2.66 bits per heavy atom.